The minimum atomic E-state index is -0.397. The van der Waals surface area contributed by atoms with Gasteiger partial charge in [0.05, 0.1) is 5.36 Å². The lowest BCUT2D eigenvalue weighted by Crippen LogP contribution is -2.50. The minimum Gasteiger partial charge on any atom is -0.372 e. The zero-order chi connectivity index (χ0) is 21.1. The van der Waals surface area contributed by atoms with Crippen molar-refractivity contribution in [2.75, 3.05) is 23.7 Å². The summed E-state index contributed by atoms with van der Waals surface area (Å²) in [6.45, 7) is 9.95. The van der Waals surface area contributed by atoms with Crippen molar-refractivity contribution >= 4 is 34.2 Å². The van der Waals surface area contributed by atoms with Gasteiger partial charge < -0.3 is 4.90 Å². The molecule has 0 aromatic heterocycles. The molecule has 6 nitrogen and oxygen atoms in total. The van der Waals surface area contributed by atoms with Crippen molar-refractivity contribution < 1.29 is 4.79 Å². The second kappa shape index (κ2) is 8.75. The summed E-state index contributed by atoms with van der Waals surface area (Å²) in [6.07, 6.45) is 1.39. The molecule has 1 atom stereocenters. The molecular weight excluding hydrogens is 394 g/mol. The molecule has 2 aromatic rings. The van der Waals surface area contributed by atoms with E-state index in [1.165, 1.54) is 17.4 Å². The quantitative estimate of drug-likeness (QED) is 0.732. The number of rotatable bonds is 6. The van der Waals surface area contributed by atoms with Gasteiger partial charge in [0.2, 0.25) is 0 Å². The van der Waals surface area contributed by atoms with Crippen molar-refractivity contribution in [3.05, 3.63) is 77.3 Å². The molecule has 0 aliphatic carbocycles. The van der Waals surface area contributed by atoms with Crippen LogP contribution in [0.4, 0.5) is 5.69 Å². The summed E-state index contributed by atoms with van der Waals surface area (Å²) in [5, 5.41) is 11.5. The van der Waals surface area contributed by atoms with E-state index in [1.807, 2.05) is 24.3 Å². The van der Waals surface area contributed by atoms with Crippen LogP contribution in [0.3, 0.4) is 0 Å². The van der Waals surface area contributed by atoms with E-state index >= 15 is 0 Å². The predicted octanol–water partition coefficient (Wildman–Crippen LogP) is 2.60. The molecule has 2 heterocycles. The van der Waals surface area contributed by atoms with E-state index in [0.29, 0.717) is 16.6 Å². The third kappa shape index (κ3) is 3.73. The molecule has 2 aliphatic heterocycles. The van der Waals surface area contributed by atoms with Gasteiger partial charge >= 0.3 is 0 Å². The SMILES string of the molecule is C=CCSC1=NN2C(=c3ccccc3=NC2c2ccc(N(CC)CC)cc2)C(=O)N1. The average molecular weight is 420 g/mol. The Hall–Kier alpha value is -3.06. The van der Waals surface area contributed by atoms with Crippen LogP contribution in [0.15, 0.2) is 71.3 Å². The van der Waals surface area contributed by atoms with Crippen LogP contribution in [0.2, 0.25) is 0 Å². The smallest absolute Gasteiger partial charge is 0.276 e. The summed E-state index contributed by atoms with van der Waals surface area (Å²) >= 11 is 1.44. The lowest BCUT2D eigenvalue weighted by molar-refractivity contribution is -0.116. The lowest BCUT2D eigenvalue weighted by Gasteiger charge is -2.34. The third-order valence-electron chi connectivity index (χ3n) is 5.17. The summed E-state index contributed by atoms with van der Waals surface area (Å²) in [6, 6.07) is 16.1. The molecule has 2 aromatic carbocycles. The van der Waals surface area contributed by atoms with E-state index in [1.54, 1.807) is 11.1 Å². The molecule has 0 spiro atoms. The summed E-state index contributed by atoms with van der Waals surface area (Å²) in [5.74, 6) is 0.503. The molecular formula is C23H25N5OS. The molecule has 7 heteroatoms. The number of nitrogens with zero attached hydrogens (tertiary/aromatic N) is 4. The molecule has 30 heavy (non-hydrogen) atoms. The maximum Gasteiger partial charge on any atom is 0.276 e. The maximum atomic E-state index is 13.0. The molecule has 1 amide bonds. The van der Waals surface area contributed by atoms with E-state index in [9.17, 15) is 4.79 Å². The Labute approximate surface area is 180 Å². The van der Waals surface area contributed by atoms with Crippen LogP contribution in [0.1, 0.15) is 25.6 Å². The molecule has 1 unspecified atom stereocenters. The third-order valence-corrected chi connectivity index (χ3v) is 6.03. The number of hydrogen-bond donors (Lipinski definition) is 1. The van der Waals surface area contributed by atoms with E-state index in [2.05, 4.69) is 54.9 Å². The monoisotopic (exact) mass is 419 g/mol. The Bertz CT molecular complexity index is 1110. The van der Waals surface area contributed by atoms with Gasteiger partial charge in [0, 0.05) is 29.7 Å². The number of fused-ring (bicyclic) bond motifs is 2. The molecule has 1 N–H and O–H groups in total. The number of amidine groups is 1. The Morgan fingerprint density at radius 2 is 1.90 bits per heavy atom. The van der Waals surface area contributed by atoms with Gasteiger partial charge in [0.15, 0.2) is 11.3 Å². The number of nitrogens with one attached hydrogen (secondary N) is 1. The summed E-state index contributed by atoms with van der Waals surface area (Å²) in [5.41, 5.74) is 2.69. The second-order valence-corrected chi connectivity index (χ2v) is 7.94. The zero-order valence-corrected chi connectivity index (χ0v) is 18.0. The van der Waals surface area contributed by atoms with Crippen LogP contribution >= 0.6 is 11.8 Å². The van der Waals surface area contributed by atoms with Gasteiger partial charge in [0.1, 0.15) is 5.70 Å². The van der Waals surface area contributed by atoms with Crippen LogP contribution in [-0.4, -0.2) is 34.9 Å². The fourth-order valence-electron chi connectivity index (χ4n) is 3.69. The number of amides is 1. The first-order chi connectivity index (χ1) is 14.7. The average Bonchev–Trinajstić information content (AvgIpc) is 2.78. The molecule has 0 saturated carbocycles. The fourth-order valence-corrected chi connectivity index (χ4v) is 4.28. The first-order valence-corrected chi connectivity index (χ1v) is 11.1. The van der Waals surface area contributed by atoms with Gasteiger partial charge in [-0.15, -0.1) is 11.7 Å². The van der Waals surface area contributed by atoms with Gasteiger partial charge in [-0.05, 0) is 37.6 Å². The highest BCUT2D eigenvalue weighted by molar-refractivity contribution is 8.14. The van der Waals surface area contributed by atoms with Gasteiger partial charge in [-0.3, -0.25) is 15.1 Å². The molecule has 0 bridgehead atoms. The van der Waals surface area contributed by atoms with E-state index in [4.69, 9.17) is 10.1 Å². The topological polar surface area (TPSA) is 60.3 Å². The lowest BCUT2D eigenvalue weighted by atomic mass is 10.1. The van der Waals surface area contributed by atoms with Crippen LogP contribution in [0, 0.1) is 0 Å². The first-order valence-electron chi connectivity index (χ1n) is 10.1. The number of hydrogen-bond acceptors (Lipinski definition) is 6. The fraction of sp³-hybridized carbons (Fsp3) is 0.261. The first kappa shape index (κ1) is 20.2. The van der Waals surface area contributed by atoms with Crippen molar-refractivity contribution in [2.24, 2.45) is 10.1 Å². The van der Waals surface area contributed by atoms with Crippen LogP contribution in [0.25, 0.3) is 5.70 Å². The van der Waals surface area contributed by atoms with Gasteiger partial charge in [-0.25, -0.2) is 5.01 Å². The number of anilines is 1. The molecule has 2 aliphatic rings. The van der Waals surface area contributed by atoms with Crippen molar-refractivity contribution in [1.29, 1.82) is 0 Å². The van der Waals surface area contributed by atoms with Crippen LogP contribution < -0.4 is 20.8 Å². The largest absolute Gasteiger partial charge is 0.372 e. The minimum absolute atomic E-state index is 0.163. The Morgan fingerprint density at radius 1 is 1.17 bits per heavy atom. The van der Waals surface area contributed by atoms with Crippen LogP contribution in [0.5, 0.6) is 0 Å². The molecule has 0 radical (unpaired) electrons. The predicted molar refractivity (Wildman–Crippen MR) is 123 cm³/mol. The zero-order valence-electron chi connectivity index (χ0n) is 17.2. The molecule has 154 valence electrons. The van der Waals surface area contributed by atoms with Gasteiger partial charge in [-0.2, -0.15) is 0 Å². The maximum absolute atomic E-state index is 13.0. The van der Waals surface area contributed by atoms with E-state index < -0.39 is 6.17 Å². The molecule has 4 rings (SSSR count). The Kier molecular flexibility index (Phi) is 5.90. The van der Waals surface area contributed by atoms with Crippen molar-refractivity contribution in [3.63, 3.8) is 0 Å². The van der Waals surface area contributed by atoms with Gasteiger partial charge in [0.25, 0.3) is 5.91 Å². The number of para-hydroxylation sites is 1. The van der Waals surface area contributed by atoms with E-state index in [0.717, 1.165) is 29.2 Å². The standard InChI is InChI=1S/C23H25N5OS/c1-4-15-30-23-25-22(29)20-18-9-7-8-10-19(18)24-21(28(20)26-23)16-11-13-17(14-12-16)27(5-2)6-3/h4,7-14,21H,1,5-6,15H2,2-3H3,(H,25,26,29). The highest BCUT2D eigenvalue weighted by atomic mass is 32.2. The summed E-state index contributed by atoms with van der Waals surface area (Å²) < 4.78 is 0. The highest BCUT2D eigenvalue weighted by Crippen LogP contribution is 2.31. The number of carbonyl (C=O) groups excluding carboxylic acids is 1. The molecule has 0 fully saturated rings. The van der Waals surface area contributed by atoms with Crippen LogP contribution in [-0.2, 0) is 4.79 Å². The summed E-state index contributed by atoms with van der Waals surface area (Å²) in [7, 11) is 0. The molecule has 0 saturated heterocycles. The van der Waals surface area contributed by atoms with Crippen molar-refractivity contribution in [1.82, 2.24) is 10.3 Å². The van der Waals surface area contributed by atoms with Crippen molar-refractivity contribution in [3.8, 4) is 0 Å². The normalized spacial score (nSPS) is 17.3. The Balaban J connectivity index is 1.80. The Morgan fingerprint density at radius 3 is 2.60 bits per heavy atom. The highest BCUT2D eigenvalue weighted by Gasteiger charge is 2.34. The second-order valence-electron chi connectivity index (χ2n) is 6.94. The number of carbonyl (C=O) groups is 1. The summed E-state index contributed by atoms with van der Waals surface area (Å²) in [4.78, 5) is 20.2. The van der Waals surface area contributed by atoms with Gasteiger partial charge in [-0.1, -0.05) is 48.2 Å². The number of thioether (sulfide) groups is 1. The number of benzene rings is 2. The van der Waals surface area contributed by atoms with E-state index in [-0.39, 0.29) is 5.91 Å². The number of hydrazone groups is 1. The van der Waals surface area contributed by atoms with Crippen molar-refractivity contribution in [2.45, 2.75) is 20.0 Å².